The Labute approximate surface area is 162 Å². The number of anilines is 1. The molecule has 0 aliphatic heterocycles. The number of alkyl halides is 2. The van der Waals surface area contributed by atoms with E-state index in [1.165, 1.54) is 24.3 Å². The lowest BCUT2D eigenvalue weighted by molar-refractivity contribution is -0.0495. The van der Waals surface area contributed by atoms with E-state index in [4.69, 9.17) is 9.26 Å². The van der Waals surface area contributed by atoms with Gasteiger partial charge in [-0.25, -0.2) is 8.78 Å². The summed E-state index contributed by atoms with van der Waals surface area (Å²) in [6.07, 6.45) is 0. The van der Waals surface area contributed by atoms with Crippen LogP contribution in [0, 0.1) is 18.6 Å². The molecule has 2 aromatic carbocycles. The van der Waals surface area contributed by atoms with Gasteiger partial charge in [0.2, 0.25) is 0 Å². The molecule has 0 aliphatic rings. The molecule has 0 bridgehead atoms. The zero-order valence-corrected chi connectivity index (χ0v) is 14.9. The molecule has 1 amide bonds. The van der Waals surface area contributed by atoms with E-state index in [2.05, 4.69) is 15.2 Å². The molecule has 152 valence electrons. The van der Waals surface area contributed by atoms with Crippen LogP contribution in [-0.4, -0.2) is 17.7 Å². The van der Waals surface area contributed by atoms with E-state index >= 15 is 0 Å². The first-order valence-electron chi connectivity index (χ1n) is 8.22. The summed E-state index contributed by atoms with van der Waals surface area (Å²) in [5, 5.41) is 5.98. The Balaban J connectivity index is 1.78. The minimum Gasteiger partial charge on any atom is -0.489 e. The van der Waals surface area contributed by atoms with Crippen LogP contribution < -0.4 is 14.8 Å². The highest BCUT2D eigenvalue weighted by atomic mass is 19.3. The van der Waals surface area contributed by atoms with Gasteiger partial charge < -0.3 is 19.3 Å². The number of nitrogens with zero attached hydrogens (tertiary/aromatic N) is 1. The molecular weight excluding hydrogens is 396 g/mol. The number of carbonyl (C=O) groups is 1. The minimum absolute atomic E-state index is 0.118. The maximum Gasteiger partial charge on any atom is 0.387 e. The summed E-state index contributed by atoms with van der Waals surface area (Å²) in [6.45, 7) is -1.77. The van der Waals surface area contributed by atoms with Crippen LogP contribution in [0.5, 0.6) is 11.5 Å². The third-order valence-electron chi connectivity index (χ3n) is 3.80. The third kappa shape index (κ3) is 5.03. The summed E-state index contributed by atoms with van der Waals surface area (Å²) in [4.78, 5) is 12.6. The molecule has 0 saturated carbocycles. The van der Waals surface area contributed by atoms with Crippen LogP contribution in [-0.2, 0) is 6.61 Å². The fourth-order valence-electron chi connectivity index (χ4n) is 2.40. The van der Waals surface area contributed by atoms with Crippen LogP contribution in [0.15, 0.2) is 47.0 Å². The third-order valence-corrected chi connectivity index (χ3v) is 3.80. The van der Waals surface area contributed by atoms with Crippen LogP contribution in [0.1, 0.15) is 21.8 Å². The number of aryl methyl sites for hydroxylation is 1. The van der Waals surface area contributed by atoms with Gasteiger partial charge in [0.15, 0.2) is 11.4 Å². The second kappa shape index (κ2) is 8.63. The van der Waals surface area contributed by atoms with Crippen molar-refractivity contribution in [2.75, 3.05) is 5.32 Å². The Morgan fingerprint density at radius 1 is 1.14 bits per heavy atom. The van der Waals surface area contributed by atoms with Crippen molar-refractivity contribution in [3.05, 3.63) is 71.1 Å². The van der Waals surface area contributed by atoms with E-state index in [0.29, 0.717) is 23.1 Å². The van der Waals surface area contributed by atoms with Gasteiger partial charge in [0.25, 0.3) is 5.91 Å². The molecule has 6 nitrogen and oxygen atoms in total. The van der Waals surface area contributed by atoms with Crippen molar-refractivity contribution in [1.29, 1.82) is 0 Å². The van der Waals surface area contributed by atoms with E-state index in [1.54, 1.807) is 6.92 Å². The van der Waals surface area contributed by atoms with Crippen LogP contribution >= 0.6 is 0 Å². The monoisotopic (exact) mass is 410 g/mol. The highest BCUT2D eigenvalue weighted by Gasteiger charge is 2.22. The fraction of sp³-hybridized carbons (Fsp3) is 0.158. The van der Waals surface area contributed by atoms with Gasteiger partial charge in [-0.2, -0.15) is 8.78 Å². The highest BCUT2D eigenvalue weighted by Crippen LogP contribution is 2.28. The molecule has 0 saturated heterocycles. The number of nitrogens with one attached hydrogen (secondary N) is 1. The Morgan fingerprint density at radius 2 is 1.83 bits per heavy atom. The van der Waals surface area contributed by atoms with Crippen LogP contribution in [0.2, 0.25) is 0 Å². The van der Waals surface area contributed by atoms with Crippen molar-refractivity contribution in [1.82, 2.24) is 5.16 Å². The zero-order valence-electron chi connectivity index (χ0n) is 14.9. The number of aromatic nitrogens is 1. The number of amides is 1. The van der Waals surface area contributed by atoms with E-state index in [-0.39, 0.29) is 18.0 Å². The summed E-state index contributed by atoms with van der Waals surface area (Å²) in [7, 11) is 0. The molecule has 10 heteroatoms. The predicted octanol–water partition coefficient (Wildman–Crippen LogP) is 4.69. The van der Waals surface area contributed by atoms with Crippen molar-refractivity contribution in [3.8, 4) is 11.5 Å². The molecule has 1 heterocycles. The molecule has 0 unspecified atom stereocenters. The Hall–Kier alpha value is -3.56. The van der Waals surface area contributed by atoms with Crippen molar-refractivity contribution in [2.45, 2.75) is 20.1 Å². The second-order valence-electron chi connectivity index (χ2n) is 5.78. The molecule has 3 aromatic rings. The van der Waals surface area contributed by atoms with Crippen LogP contribution in [0.25, 0.3) is 0 Å². The van der Waals surface area contributed by atoms with E-state index in [9.17, 15) is 22.4 Å². The van der Waals surface area contributed by atoms with E-state index in [0.717, 1.165) is 12.1 Å². The number of carbonyl (C=O) groups excluding carboxylic acids is 1. The van der Waals surface area contributed by atoms with Gasteiger partial charge in [0.1, 0.15) is 29.8 Å². The SMILES string of the molecule is Cc1onc(C(=O)Nc2ccc(F)cc2OC(F)F)c1COc1ccc(F)cc1. The van der Waals surface area contributed by atoms with Gasteiger partial charge in [-0.3, -0.25) is 4.79 Å². The molecule has 1 aromatic heterocycles. The fourth-order valence-corrected chi connectivity index (χ4v) is 2.40. The first-order chi connectivity index (χ1) is 13.8. The van der Waals surface area contributed by atoms with Gasteiger partial charge in [-0.1, -0.05) is 5.16 Å². The first kappa shape index (κ1) is 20.2. The van der Waals surface area contributed by atoms with E-state index in [1.807, 2.05) is 0 Å². The van der Waals surface area contributed by atoms with Gasteiger partial charge in [0.05, 0.1) is 11.3 Å². The number of ether oxygens (including phenoxy) is 2. The number of hydrogen-bond donors (Lipinski definition) is 1. The van der Waals surface area contributed by atoms with Crippen LogP contribution in [0.3, 0.4) is 0 Å². The highest BCUT2D eigenvalue weighted by molar-refractivity contribution is 6.04. The number of halogens is 4. The van der Waals surface area contributed by atoms with Gasteiger partial charge in [-0.05, 0) is 43.3 Å². The van der Waals surface area contributed by atoms with E-state index < -0.39 is 29.9 Å². The van der Waals surface area contributed by atoms with Gasteiger partial charge in [-0.15, -0.1) is 0 Å². The molecular formula is C19H14F4N2O4. The minimum atomic E-state index is -3.21. The Morgan fingerprint density at radius 3 is 2.52 bits per heavy atom. The van der Waals surface area contributed by atoms with Crippen molar-refractivity contribution in [2.24, 2.45) is 0 Å². The maximum absolute atomic E-state index is 13.3. The Kier molecular flexibility index (Phi) is 6.01. The molecule has 0 aliphatic carbocycles. The summed E-state index contributed by atoms with van der Waals surface area (Å²) in [5.74, 6) is -1.95. The maximum atomic E-state index is 13.3. The van der Waals surface area contributed by atoms with Gasteiger partial charge in [0, 0.05) is 6.07 Å². The molecule has 3 rings (SSSR count). The standard InChI is InChI=1S/C19H14F4N2O4/c1-10-14(9-27-13-5-2-11(20)3-6-13)17(25-29-10)18(26)24-15-7-4-12(21)8-16(15)28-19(22)23/h2-8,19H,9H2,1H3,(H,24,26). The lowest BCUT2D eigenvalue weighted by Gasteiger charge is -2.12. The smallest absolute Gasteiger partial charge is 0.387 e. The molecule has 0 atom stereocenters. The lowest BCUT2D eigenvalue weighted by Crippen LogP contribution is -2.17. The van der Waals surface area contributed by atoms with Gasteiger partial charge >= 0.3 is 6.61 Å². The number of benzene rings is 2. The van der Waals surface area contributed by atoms with Crippen molar-refractivity contribution < 1.29 is 36.4 Å². The predicted molar refractivity (Wildman–Crippen MR) is 93.0 cm³/mol. The Bertz CT molecular complexity index is 1010. The first-order valence-corrected chi connectivity index (χ1v) is 8.22. The molecule has 29 heavy (non-hydrogen) atoms. The average Bonchev–Trinajstić information content (AvgIpc) is 3.03. The largest absolute Gasteiger partial charge is 0.489 e. The molecule has 1 N–H and O–H groups in total. The normalized spacial score (nSPS) is 10.8. The number of hydrogen-bond acceptors (Lipinski definition) is 5. The molecule has 0 fully saturated rings. The topological polar surface area (TPSA) is 73.6 Å². The molecule has 0 radical (unpaired) electrons. The van der Waals surface area contributed by atoms with Crippen molar-refractivity contribution >= 4 is 11.6 Å². The quantitative estimate of drug-likeness (QED) is 0.572. The average molecular weight is 410 g/mol. The lowest BCUT2D eigenvalue weighted by atomic mass is 10.2. The van der Waals surface area contributed by atoms with Crippen molar-refractivity contribution in [3.63, 3.8) is 0 Å². The number of rotatable bonds is 7. The van der Waals surface area contributed by atoms with Crippen LogP contribution in [0.4, 0.5) is 23.2 Å². The zero-order chi connectivity index (χ0) is 21.0. The summed E-state index contributed by atoms with van der Waals surface area (Å²) < 4.78 is 66.1. The summed E-state index contributed by atoms with van der Waals surface area (Å²) in [6, 6.07) is 8.00. The second-order valence-corrected chi connectivity index (χ2v) is 5.78. The molecule has 0 spiro atoms. The summed E-state index contributed by atoms with van der Waals surface area (Å²) in [5.41, 5.74) is -0.0371. The summed E-state index contributed by atoms with van der Waals surface area (Å²) >= 11 is 0.